The van der Waals surface area contributed by atoms with E-state index in [2.05, 4.69) is 9.97 Å². The van der Waals surface area contributed by atoms with Crippen LogP contribution in [0.2, 0.25) is 0 Å². The summed E-state index contributed by atoms with van der Waals surface area (Å²) in [5.41, 5.74) is 1.53. The summed E-state index contributed by atoms with van der Waals surface area (Å²) in [6.07, 6.45) is 4.42. The van der Waals surface area contributed by atoms with Crippen LogP contribution in [-0.2, 0) is 20.0 Å². The molecule has 3 aromatic rings. The fourth-order valence-corrected chi connectivity index (χ4v) is 2.67. The van der Waals surface area contributed by atoms with E-state index >= 15 is 0 Å². The average molecular weight is 307 g/mol. The van der Waals surface area contributed by atoms with E-state index in [1.807, 2.05) is 29.3 Å². The predicted octanol–water partition coefficient (Wildman–Crippen LogP) is 3.45. The van der Waals surface area contributed by atoms with Gasteiger partial charge < -0.3 is 9.13 Å². The monoisotopic (exact) mass is 306 g/mol. The Morgan fingerprint density at radius 3 is 2.86 bits per heavy atom. The van der Waals surface area contributed by atoms with Crippen LogP contribution in [0.25, 0.3) is 11.0 Å². The van der Waals surface area contributed by atoms with Gasteiger partial charge in [0.1, 0.15) is 17.5 Å². The summed E-state index contributed by atoms with van der Waals surface area (Å²) >= 11 is 6.21. The fourth-order valence-electron chi connectivity index (χ4n) is 2.50. The molecule has 2 aromatic heterocycles. The number of aromatic nitrogens is 4. The van der Waals surface area contributed by atoms with Gasteiger partial charge in [0.15, 0.2) is 0 Å². The molecule has 0 saturated carbocycles. The lowest BCUT2D eigenvalue weighted by Crippen LogP contribution is -2.09. The van der Waals surface area contributed by atoms with Gasteiger partial charge in [0.2, 0.25) is 0 Å². The van der Waals surface area contributed by atoms with Gasteiger partial charge in [0.25, 0.3) is 0 Å². The Hall–Kier alpha value is -1.88. The number of nitrogens with zero attached hydrogens (tertiary/aromatic N) is 4. The fraction of sp³-hybridized carbons (Fsp3) is 0.333. The van der Waals surface area contributed by atoms with Crippen molar-refractivity contribution in [2.75, 3.05) is 0 Å². The molecule has 0 saturated heterocycles. The van der Waals surface area contributed by atoms with Gasteiger partial charge >= 0.3 is 0 Å². The van der Waals surface area contributed by atoms with E-state index in [1.165, 1.54) is 12.1 Å². The first-order chi connectivity index (χ1) is 10.1. The van der Waals surface area contributed by atoms with E-state index in [1.54, 1.807) is 12.3 Å². The van der Waals surface area contributed by atoms with Crippen LogP contribution < -0.4 is 0 Å². The van der Waals surface area contributed by atoms with Crippen LogP contribution in [-0.4, -0.2) is 19.1 Å². The smallest absolute Gasteiger partial charge is 0.127 e. The summed E-state index contributed by atoms with van der Waals surface area (Å²) in [6.45, 7) is 2.54. The predicted molar refractivity (Wildman–Crippen MR) is 80.9 cm³/mol. The van der Waals surface area contributed by atoms with Gasteiger partial charge in [-0.2, -0.15) is 0 Å². The van der Waals surface area contributed by atoms with Gasteiger partial charge in [-0.3, -0.25) is 0 Å². The highest BCUT2D eigenvalue weighted by Crippen LogP contribution is 2.25. The molecule has 0 spiro atoms. The third kappa shape index (κ3) is 2.65. The number of halogens is 2. The molecule has 0 aliphatic rings. The van der Waals surface area contributed by atoms with Crippen molar-refractivity contribution in [3.63, 3.8) is 0 Å². The number of alkyl halides is 1. The molecule has 2 heterocycles. The van der Waals surface area contributed by atoms with Gasteiger partial charge in [-0.1, -0.05) is 0 Å². The Balaban J connectivity index is 2.00. The molecule has 1 aromatic carbocycles. The molecular formula is C15H16ClFN4. The van der Waals surface area contributed by atoms with Crippen LogP contribution in [0, 0.1) is 5.82 Å². The zero-order valence-electron chi connectivity index (χ0n) is 11.9. The number of imidazole rings is 2. The van der Waals surface area contributed by atoms with E-state index < -0.39 is 0 Å². The van der Waals surface area contributed by atoms with Crippen molar-refractivity contribution in [2.24, 2.45) is 7.05 Å². The molecule has 0 aliphatic carbocycles. The molecule has 6 heteroatoms. The standard InChI is InChI=1S/C15H16ClFN4/c1-10(16)15-19-12-4-3-11(17)9-13(12)21(15)7-5-14-18-6-8-20(14)2/h3-4,6,8-10H,5,7H2,1-2H3. The van der Waals surface area contributed by atoms with E-state index in [4.69, 9.17) is 11.6 Å². The average Bonchev–Trinajstić information content (AvgIpc) is 3.00. The van der Waals surface area contributed by atoms with Crippen LogP contribution in [0.3, 0.4) is 0 Å². The Labute approximate surface area is 127 Å². The molecular weight excluding hydrogens is 291 g/mol. The minimum absolute atomic E-state index is 0.234. The van der Waals surface area contributed by atoms with E-state index in [0.717, 1.165) is 29.1 Å². The lowest BCUT2D eigenvalue weighted by Gasteiger charge is -2.10. The highest BCUT2D eigenvalue weighted by atomic mass is 35.5. The van der Waals surface area contributed by atoms with Crippen molar-refractivity contribution < 1.29 is 4.39 Å². The molecule has 0 aliphatic heterocycles. The summed E-state index contributed by atoms with van der Waals surface area (Å²) in [4.78, 5) is 8.82. The first-order valence-electron chi connectivity index (χ1n) is 6.82. The van der Waals surface area contributed by atoms with E-state index in [9.17, 15) is 4.39 Å². The Morgan fingerprint density at radius 2 is 2.19 bits per heavy atom. The lowest BCUT2D eigenvalue weighted by molar-refractivity contribution is 0.619. The summed E-state index contributed by atoms with van der Waals surface area (Å²) in [7, 11) is 1.96. The van der Waals surface area contributed by atoms with Crippen LogP contribution in [0.4, 0.5) is 4.39 Å². The first-order valence-corrected chi connectivity index (χ1v) is 7.26. The van der Waals surface area contributed by atoms with Crippen LogP contribution in [0.15, 0.2) is 30.6 Å². The molecule has 3 rings (SSSR count). The van der Waals surface area contributed by atoms with E-state index in [0.29, 0.717) is 6.54 Å². The number of hydrogen-bond acceptors (Lipinski definition) is 2. The van der Waals surface area contributed by atoms with Crippen molar-refractivity contribution in [1.29, 1.82) is 0 Å². The summed E-state index contributed by atoms with van der Waals surface area (Å²) in [5.74, 6) is 1.46. The Morgan fingerprint density at radius 1 is 1.38 bits per heavy atom. The van der Waals surface area contributed by atoms with Gasteiger partial charge in [-0.05, 0) is 25.1 Å². The maximum atomic E-state index is 13.5. The Kier molecular flexibility index (Phi) is 3.68. The van der Waals surface area contributed by atoms with Crippen molar-refractivity contribution in [2.45, 2.75) is 25.3 Å². The zero-order valence-corrected chi connectivity index (χ0v) is 12.7. The maximum Gasteiger partial charge on any atom is 0.127 e. The largest absolute Gasteiger partial charge is 0.338 e. The molecule has 0 bridgehead atoms. The third-order valence-corrected chi connectivity index (χ3v) is 3.77. The topological polar surface area (TPSA) is 35.6 Å². The SMILES string of the molecule is CC(Cl)c1nc2ccc(F)cc2n1CCc1nccn1C. The Bertz CT molecular complexity index is 775. The van der Waals surface area contributed by atoms with Crippen LogP contribution in [0.5, 0.6) is 0 Å². The molecule has 0 N–H and O–H groups in total. The molecule has 21 heavy (non-hydrogen) atoms. The molecule has 1 unspecified atom stereocenters. The highest BCUT2D eigenvalue weighted by molar-refractivity contribution is 6.20. The number of hydrogen-bond donors (Lipinski definition) is 0. The minimum atomic E-state index is -0.269. The normalized spacial score (nSPS) is 13.0. The third-order valence-electron chi connectivity index (χ3n) is 3.58. The highest BCUT2D eigenvalue weighted by Gasteiger charge is 2.15. The molecule has 4 nitrogen and oxygen atoms in total. The van der Waals surface area contributed by atoms with Gasteiger partial charge in [-0.15, -0.1) is 11.6 Å². The second-order valence-corrected chi connectivity index (χ2v) is 5.73. The molecule has 0 amide bonds. The second-order valence-electron chi connectivity index (χ2n) is 5.08. The van der Waals surface area contributed by atoms with Gasteiger partial charge in [0, 0.05) is 32.4 Å². The zero-order chi connectivity index (χ0) is 15.0. The molecule has 110 valence electrons. The van der Waals surface area contributed by atoms with Crippen LogP contribution >= 0.6 is 11.6 Å². The maximum absolute atomic E-state index is 13.5. The van der Waals surface area contributed by atoms with Crippen molar-refractivity contribution in [3.8, 4) is 0 Å². The second kappa shape index (κ2) is 5.48. The van der Waals surface area contributed by atoms with Crippen molar-refractivity contribution in [3.05, 3.63) is 48.1 Å². The van der Waals surface area contributed by atoms with Crippen molar-refractivity contribution >= 4 is 22.6 Å². The first kappa shape index (κ1) is 14.1. The summed E-state index contributed by atoms with van der Waals surface area (Å²) < 4.78 is 17.5. The van der Waals surface area contributed by atoms with Gasteiger partial charge in [0.05, 0.1) is 16.4 Å². The molecule has 0 fully saturated rings. The number of aryl methyl sites for hydroxylation is 3. The quantitative estimate of drug-likeness (QED) is 0.692. The van der Waals surface area contributed by atoms with E-state index in [-0.39, 0.29) is 11.2 Å². The molecule has 1 atom stereocenters. The number of rotatable bonds is 4. The van der Waals surface area contributed by atoms with Crippen LogP contribution in [0.1, 0.15) is 23.9 Å². The lowest BCUT2D eigenvalue weighted by atomic mass is 10.3. The molecule has 0 radical (unpaired) electrons. The number of fused-ring (bicyclic) bond motifs is 1. The van der Waals surface area contributed by atoms with Crippen molar-refractivity contribution in [1.82, 2.24) is 19.1 Å². The van der Waals surface area contributed by atoms with Gasteiger partial charge in [-0.25, -0.2) is 14.4 Å². The minimum Gasteiger partial charge on any atom is -0.338 e. The summed E-state index contributed by atoms with van der Waals surface area (Å²) in [5, 5.41) is -0.234. The summed E-state index contributed by atoms with van der Waals surface area (Å²) in [6, 6.07) is 4.61. The number of benzene rings is 1.